The van der Waals surface area contributed by atoms with Gasteiger partial charge < -0.3 is 5.11 Å². The van der Waals surface area contributed by atoms with Crippen molar-refractivity contribution >= 4 is 11.7 Å². The maximum absolute atomic E-state index is 10.8. The number of aromatic carboxylic acids is 1. The van der Waals surface area contributed by atoms with Gasteiger partial charge in [-0.05, 0) is 6.07 Å². The van der Waals surface area contributed by atoms with Gasteiger partial charge in [0.1, 0.15) is 18.0 Å². The first-order chi connectivity index (χ1) is 9.02. The van der Waals surface area contributed by atoms with E-state index in [0.717, 1.165) is 10.9 Å². The van der Waals surface area contributed by atoms with Crippen LogP contribution in [-0.4, -0.2) is 30.8 Å². The fourth-order valence-electron chi connectivity index (χ4n) is 1.41. The molecule has 9 heteroatoms. The van der Waals surface area contributed by atoms with Gasteiger partial charge in [0.2, 0.25) is 5.69 Å². The molecule has 0 aliphatic rings. The molecule has 0 aliphatic heterocycles. The van der Waals surface area contributed by atoms with Crippen LogP contribution in [0.25, 0.3) is 5.69 Å². The molecule has 2 heterocycles. The van der Waals surface area contributed by atoms with Crippen LogP contribution >= 0.6 is 0 Å². The van der Waals surface area contributed by atoms with Gasteiger partial charge in [0.15, 0.2) is 0 Å². The summed E-state index contributed by atoms with van der Waals surface area (Å²) in [7, 11) is 0. The number of aromatic nitrogens is 3. The van der Waals surface area contributed by atoms with Crippen LogP contribution in [-0.2, 0) is 0 Å². The third kappa shape index (κ3) is 2.22. The molecule has 0 bridgehead atoms. The average Bonchev–Trinajstić information content (AvgIpc) is 2.84. The van der Waals surface area contributed by atoms with Crippen LogP contribution in [0.2, 0.25) is 0 Å². The zero-order chi connectivity index (χ0) is 14.0. The van der Waals surface area contributed by atoms with Crippen molar-refractivity contribution in [3.8, 4) is 11.8 Å². The van der Waals surface area contributed by atoms with Gasteiger partial charge in [-0.2, -0.15) is 10.4 Å². The Hall–Kier alpha value is -3.28. The maximum atomic E-state index is 10.8. The lowest BCUT2D eigenvalue weighted by Gasteiger charge is -1.99. The van der Waals surface area contributed by atoms with Crippen molar-refractivity contribution in [2.45, 2.75) is 0 Å². The molecular weight excluding hydrogens is 254 g/mol. The van der Waals surface area contributed by atoms with Gasteiger partial charge in [0.05, 0.1) is 10.6 Å². The first-order valence-corrected chi connectivity index (χ1v) is 4.87. The number of hydrogen-bond acceptors (Lipinski definition) is 6. The molecule has 19 heavy (non-hydrogen) atoms. The summed E-state index contributed by atoms with van der Waals surface area (Å²) >= 11 is 0. The highest BCUT2D eigenvalue weighted by atomic mass is 16.6. The summed E-state index contributed by atoms with van der Waals surface area (Å²) < 4.78 is 1.02. The Bertz CT molecular complexity index is 683. The highest BCUT2D eigenvalue weighted by Gasteiger charge is 2.25. The summed E-state index contributed by atoms with van der Waals surface area (Å²) in [5, 5.41) is 31.9. The quantitative estimate of drug-likeness (QED) is 0.634. The molecule has 2 aromatic rings. The SMILES string of the molecule is N#Cc1cc(-n2cc([N+](=O)[O-])c(C(=O)O)n2)ccn1. The zero-order valence-corrected chi connectivity index (χ0v) is 9.22. The Kier molecular flexibility index (Phi) is 2.91. The minimum atomic E-state index is -1.50. The Morgan fingerprint density at radius 3 is 2.84 bits per heavy atom. The first-order valence-electron chi connectivity index (χ1n) is 4.87. The Labute approximate surface area is 105 Å². The summed E-state index contributed by atoms with van der Waals surface area (Å²) in [6.07, 6.45) is 2.29. The van der Waals surface area contributed by atoms with Gasteiger partial charge in [0.25, 0.3) is 0 Å². The van der Waals surface area contributed by atoms with Gasteiger partial charge in [-0.15, -0.1) is 0 Å². The number of carbonyl (C=O) groups is 1. The molecule has 0 saturated carbocycles. The van der Waals surface area contributed by atoms with Crippen LogP contribution in [0.5, 0.6) is 0 Å². The van der Waals surface area contributed by atoms with Crippen LogP contribution in [0.4, 0.5) is 5.69 Å². The summed E-state index contributed by atoms with van der Waals surface area (Å²) in [6.45, 7) is 0. The molecule has 0 unspecified atom stereocenters. The monoisotopic (exact) mass is 259 g/mol. The Morgan fingerprint density at radius 1 is 1.58 bits per heavy atom. The topological polar surface area (TPSA) is 135 Å². The second kappa shape index (κ2) is 4.53. The zero-order valence-electron chi connectivity index (χ0n) is 9.22. The molecule has 0 aliphatic carbocycles. The van der Waals surface area contributed by atoms with E-state index >= 15 is 0 Å². The van der Waals surface area contributed by atoms with Crippen LogP contribution in [0.3, 0.4) is 0 Å². The molecule has 1 N–H and O–H groups in total. The lowest BCUT2D eigenvalue weighted by atomic mass is 10.3. The van der Waals surface area contributed by atoms with E-state index in [4.69, 9.17) is 10.4 Å². The van der Waals surface area contributed by atoms with Crippen molar-refractivity contribution in [3.63, 3.8) is 0 Å². The van der Waals surface area contributed by atoms with Crippen molar-refractivity contribution < 1.29 is 14.8 Å². The van der Waals surface area contributed by atoms with E-state index < -0.39 is 22.3 Å². The number of hydrogen-bond donors (Lipinski definition) is 1. The predicted molar refractivity (Wildman–Crippen MR) is 59.7 cm³/mol. The fourth-order valence-corrected chi connectivity index (χ4v) is 1.41. The summed E-state index contributed by atoms with van der Waals surface area (Å²) in [5.74, 6) is -1.50. The molecule has 0 saturated heterocycles. The minimum absolute atomic E-state index is 0.0903. The van der Waals surface area contributed by atoms with Gasteiger partial charge in [-0.1, -0.05) is 0 Å². The number of carboxylic acid groups (broad SMARTS) is 1. The van der Waals surface area contributed by atoms with Gasteiger partial charge in [0, 0.05) is 12.3 Å². The molecule has 0 spiro atoms. The number of carboxylic acids is 1. The smallest absolute Gasteiger partial charge is 0.363 e. The van der Waals surface area contributed by atoms with Crippen LogP contribution in [0, 0.1) is 21.4 Å². The highest BCUT2D eigenvalue weighted by Crippen LogP contribution is 2.19. The van der Waals surface area contributed by atoms with Crippen LogP contribution < -0.4 is 0 Å². The summed E-state index contributed by atoms with van der Waals surface area (Å²) in [5.41, 5.74) is -0.891. The van der Waals surface area contributed by atoms with E-state index in [-0.39, 0.29) is 5.69 Å². The highest BCUT2D eigenvalue weighted by molar-refractivity contribution is 5.89. The lowest BCUT2D eigenvalue weighted by molar-refractivity contribution is -0.385. The van der Waals surface area contributed by atoms with E-state index in [1.807, 2.05) is 0 Å². The molecule has 0 atom stereocenters. The Morgan fingerprint density at radius 2 is 2.32 bits per heavy atom. The van der Waals surface area contributed by atoms with Crippen molar-refractivity contribution in [1.82, 2.24) is 14.8 Å². The lowest BCUT2D eigenvalue weighted by Crippen LogP contribution is -2.03. The molecule has 9 nitrogen and oxygen atoms in total. The first kappa shape index (κ1) is 12.2. The second-order valence-electron chi connectivity index (χ2n) is 3.38. The molecule has 0 fully saturated rings. The third-order valence-corrected chi connectivity index (χ3v) is 2.22. The van der Waals surface area contributed by atoms with Gasteiger partial charge in [-0.25, -0.2) is 14.5 Å². The van der Waals surface area contributed by atoms with Crippen molar-refractivity contribution in [3.05, 3.63) is 46.0 Å². The van der Waals surface area contributed by atoms with Gasteiger partial charge in [-0.3, -0.25) is 10.1 Å². The number of nitriles is 1. The largest absolute Gasteiger partial charge is 0.476 e. The number of rotatable bonds is 3. The van der Waals surface area contributed by atoms with E-state index in [2.05, 4.69) is 10.1 Å². The van der Waals surface area contributed by atoms with E-state index in [1.165, 1.54) is 18.3 Å². The third-order valence-electron chi connectivity index (χ3n) is 2.22. The molecule has 0 radical (unpaired) electrons. The summed E-state index contributed by atoms with van der Waals surface area (Å²) in [6, 6.07) is 4.58. The predicted octanol–water partition coefficient (Wildman–Crippen LogP) is 0.745. The maximum Gasteiger partial charge on any atom is 0.363 e. The fraction of sp³-hybridized carbons (Fsp3) is 0. The van der Waals surface area contributed by atoms with Crippen molar-refractivity contribution in [2.24, 2.45) is 0 Å². The van der Waals surface area contributed by atoms with E-state index in [0.29, 0.717) is 5.69 Å². The second-order valence-corrected chi connectivity index (χ2v) is 3.38. The molecule has 94 valence electrons. The van der Waals surface area contributed by atoms with E-state index in [1.54, 1.807) is 6.07 Å². The number of pyridine rings is 1. The van der Waals surface area contributed by atoms with Crippen LogP contribution in [0.1, 0.15) is 16.2 Å². The van der Waals surface area contributed by atoms with Crippen molar-refractivity contribution in [2.75, 3.05) is 0 Å². The minimum Gasteiger partial charge on any atom is -0.476 e. The van der Waals surface area contributed by atoms with Gasteiger partial charge >= 0.3 is 11.7 Å². The van der Waals surface area contributed by atoms with E-state index in [9.17, 15) is 14.9 Å². The molecular formula is C10H5N5O4. The Balaban J connectivity index is 2.57. The molecule has 2 rings (SSSR count). The number of nitrogens with zero attached hydrogens (tertiary/aromatic N) is 5. The van der Waals surface area contributed by atoms with Crippen molar-refractivity contribution in [1.29, 1.82) is 5.26 Å². The standard InChI is InChI=1S/C10H5N5O4/c11-4-6-3-7(1-2-12-6)14-5-8(15(18)19)9(13-14)10(16)17/h1-3,5H,(H,16,17). The summed E-state index contributed by atoms with van der Waals surface area (Å²) in [4.78, 5) is 24.5. The van der Waals surface area contributed by atoms with Crippen LogP contribution in [0.15, 0.2) is 24.5 Å². The molecule has 2 aromatic heterocycles. The molecule has 0 aromatic carbocycles. The normalized spacial score (nSPS) is 9.84. The molecule has 0 amide bonds. The average molecular weight is 259 g/mol. The number of nitro groups is 1.